The molecule has 6 heteroatoms. The van der Waals surface area contributed by atoms with Crippen molar-refractivity contribution in [3.63, 3.8) is 0 Å². The first-order chi connectivity index (χ1) is 11.4. The average Bonchev–Trinajstić information content (AvgIpc) is 2.54. The Morgan fingerprint density at radius 1 is 0.625 bits per heavy atom. The summed E-state index contributed by atoms with van der Waals surface area (Å²) in [5.41, 5.74) is -0.00380. The second-order valence-corrected chi connectivity index (χ2v) is 6.93. The SMILES string of the molecule is Oc1ccc(Br)cc1-c1c(F)ccc(F)c1-c1cc(Br)ccc1O. The number of benzene rings is 3. The molecule has 0 aromatic heterocycles. The van der Waals surface area contributed by atoms with Gasteiger partial charge in [-0.25, -0.2) is 8.78 Å². The van der Waals surface area contributed by atoms with E-state index in [-0.39, 0.29) is 33.8 Å². The molecule has 0 radical (unpaired) electrons. The Balaban J connectivity index is 2.41. The predicted molar refractivity (Wildman–Crippen MR) is 96.0 cm³/mol. The van der Waals surface area contributed by atoms with Gasteiger partial charge >= 0.3 is 0 Å². The van der Waals surface area contributed by atoms with Crippen molar-refractivity contribution >= 4 is 31.9 Å². The van der Waals surface area contributed by atoms with Gasteiger partial charge in [-0.05, 0) is 48.5 Å². The summed E-state index contributed by atoms with van der Waals surface area (Å²) in [5.74, 6) is -1.81. The molecule has 0 aliphatic heterocycles. The van der Waals surface area contributed by atoms with E-state index in [9.17, 15) is 19.0 Å². The fourth-order valence-electron chi connectivity index (χ4n) is 2.50. The van der Waals surface area contributed by atoms with Crippen molar-refractivity contribution in [3.8, 4) is 33.8 Å². The minimum atomic E-state index is -0.709. The largest absolute Gasteiger partial charge is 0.507 e. The van der Waals surface area contributed by atoms with E-state index in [2.05, 4.69) is 31.9 Å². The molecule has 122 valence electrons. The minimum Gasteiger partial charge on any atom is -0.507 e. The third kappa shape index (κ3) is 3.03. The topological polar surface area (TPSA) is 40.5 Å². The maximum Gasteiger partial charge on any atom is 0.132 e. The first-order valence-corrected chi connectivity index (χ1v) is 8.43. The first kappa shape index (κ1) is 16.9. The molecule has 0 unspecified atom stereocenters. The van der Waals surface area contributed by atoms with Crippen LogP contribution in [0.1, 0.15) is 0 Å². The molecule has 0 aliphatic carbocycles. The summed E-state index contributed by atoms with van der Waals surface area (Å²) in [6.07, 6.45) is 0. The van der Waals surface area contributed by atoms with Crippen LogP contribution in [0.4, 0.5) is 8.78 Å². The smallest absolute Gasteiger partial charge is 0.132 e. The molecule has 0 saturated heterocycles. The summed E-state index contributed by atoms with van der Waals surface area (Å²) in [5, 5.41) is 20.2. The van der Waals surface area contributed by atoms with Crippen molar-refractivity contribution < 1.29 is 19.0 Å². The van der Waals surface area contributed by atoms with Crippen LogP contribution in [-0.2, 0) is 0 Å². The van der Waals surface area contributed by atoms with Crippen LogP contribution in [0.15, 0.2) is 57.5 Å². The van der Waals surface area contributed by atoms with E-state index in [4.69, 9.17) is 0 Å². The van der Waals surface area contributed by atoms with Crippen LogP contribution < -0.4 is 0 Å². The standard InChI is InChI=1S/C18H10Br2F2O2/c19-9-1-5-15(23)11(7-9)17-13(21)3-4-14(22)18(17)12-8-10(20)2-6-16(12)24/h1-8,23-24H. The van der Waals surface area contributed by atoms with Gasteiger partial charge < -0.3 is 10.2 Å². The van der Waals surface area contributed by atoms with Crippen LogP contribution in [-0.4, -0.2) is 10.2 Å². The van der Waals surface area contributed by atoms with Crippen molar-refractivity contribution in [2.45, 2.75) is 0 Å². The molecule has 3 aromatic rings. The zero-order chi connectivity index (χ0) is 17.4. The summed E-state index contributed by atoms with van der Waals surface area (Å²) >= 11 is 6.52. The van der Waals surface area contributed by atoms with E-state index in [0.717, 1.165) is 12.1 Å². The van der Waals surface area contributed by atoms with Gasteiger partial charge in [0.1, 0.15) is 23.1 Å². The molecule has 2 nitrogen and oxygen atoms in total. The van der Waals surface area contributed by atoms with E-state index >= 15 is 0 Å². The van der Waals surface area contributed by atoms with E-state index in [0.29, 0.717) is 8.95 Å². The lowest BCUT2D eigenvalue weighted by Gasteiger charge is -2.15. The van der Waals surface area contributed by atoms with Gasteiger partial charge in [-0.15, -0.1) is 0 Å². The third-order valence-electron chi connectivity index (χ3n) is 3.56. The molecule has 0 heterocycles. The average molecular weight is 456 g/mol. The van der Waals surface area contributed by atoms with Crippen LogP contribution in [0.3, 0.4) is 0 Å². The summed E-state index contributed by atoms with van der Waals surface area (Å²) < 4.78 is 30.3. The van der Waals surface area contributed by atoms with Crippen LogP contribution in [0.2, 0.25) is 0 Å². The van der Waals surface area contributed by atoms with Crippen LogP contribution in [0, 0.1) is 11.6 Å². The molecule has 3 aromatic carbocycles. The highest BCUT2D eigenvalue weighted by Crippen LogP contribution is 2.44. The van der Waals surface area contributed by atoms with Gasteiger partial charge in [0.15, 0.2) is 0 Å². The number of hydrogen-bond donors (Lipinski definition) is 2. The Bertz CT molecular complexity index is 866. The summed E-state index contributed by atoms with van der Waals surface area (Å²) in [7, 11) is 0. The Kier molecular flexibility index (Phi) is 4.60. The van der Waals surface area contributed by atoms with E-state index < -0.39 is 11.6 Å². The fraction of sp³-hybridized carbons (Fsp3) is 0. The lowest BCUT2D eigenvalue weighted by Crippen LogP contribution is -1.95. The lowest BCUT2D eigenvalue weighted by atomic mass is 9.92. The van der Waals surface area contributed by atoms with Crippen molar-refractivity contribution in [3.05, 3.63) is 69.1 Å². The fourth-order valence-corrected chi connectivity index (χ4v) is 3.22. The molecule has 2 N–H and O–H groups in total. The van der Waals surface area contributed by atoms with Crippen molar-refractivity contribution in [1.82, 2.24) is 0 Å². The molecule has 0 atom stereocenters. The first-order valence-electron chi connectivity index (χ1n) is 6.84. The third-order valence-corrected chi connectivity index (χ3v) is 4.55. The van der Waals surface area contributed by atoms with Crippen LogP contribution >= 0.6 is 31.9 Å². The Labute approximate surface area is 153 Å². The maximum absolute atomic E-state index is 14.6. The number of rotatable bonds is 2. The van der Waals surface area contributed by atoms with Gasteiger partial charge in [-0.1, -0.05) is 31.9 Å². The molecule has 0 bridgehead atoms. The highest BCUT2D eigenvalue weighted by Gasteiger charge is 2.22. The van der Waals surface area contributed by atoms with Crippen molar-refractivity contribution in [2.75, 3.05) is 0 Å². The second kappa shape index (κ2) is 6.53. The monoisotopic (exact) mass is 454 g/mol. The normalized spacial score (nSPS) is 10.8. The summed E-state index contributed by atoms with van der Waals surface area (Å²) in [6, 6.07) is 10.9. The van der Waals surface area contributed by atoms with Gasteiger partial charge in [0.2, 0.25) is 0 Å². The van der Waals surface area contributed by atoms with Crippen LogP contribution in [0.5, 0.6) is 11.5 Å². The number of hydrogen-bond acceptors (Lipinski definition) is 2. The highest BCUT2D eigenvalue weighted by atomic mass is 79.9. The number of phenols is 2. The number of halogens is 4. The van der Waals surface area contributed by atoms with Gasteiger partial charge in [0.25, 0.3) is 0 Å². The zero-order valence-electron chi connectivity index (χ0n) is 12.0. The van der Waals surface area contributed by atoms with Gasteiger partial charge in [0, 0.05) is 31.2 Å². The zero-order valence-corrected chi connectivity index (χ0v) is 15.2. The van der Waals surface area contributed by atoms with Crippen LogP contribution in [0.25, 0.3) is 22.3 Å². The molecule has 0 aliphatic rings. The van der Waals surface area contributed by atoms with Crippen molar-refractivity contribution in [1.29, 1.82) is 0 Å². The number of aromatic hydroxyl groups is 2. The second-order valence-electron chi connectivity index (χ2n) is 5.10. The quantitative estimate of drug-likeness (QED) is 0.480. The van der Waals surface area contributed by atoms with E-state index in [1.807, 2.05) is 0 Å². The maximum atomic E-state index is 14.6. The molecule has 0 amide bonds. The predicted octanol–water partition coefficient (Wildman–Crippen LogP) is 6.24. The van der Waals surface area contributed by atoms with Gasteiger partial charge in [-0.2, -0.15) is 0 Å². The molecule has 24 heavy (non-hydrogen) atoms. The lowest BCUT2D eigenvalue weighted by molar-refractivity contribution is 0.475. The molecule has 0 fully saturated rings. The van der Waals surface area contributed by atoms with Crippen molar-refractivity contribution in [2.24, 2.45) is 0 Å². The number of phenolic OH excluding ortho intramolecular Hbond substituents is 2. The van der Waals surface area contributed by atoms with Gasteiger partial charge in [-0.3, -0.25) is 0 Å². The molecule has 3 rings (SSSR count). The highest BCUT2D eigenvalue weighted by molar-refractivity contribution is 9.10. The Morgan fingerprint density at radius 3 is 1.38 bits per heavy atom. The van der Waals surface area contributed by atoms with Gasteiger partial charge in [0.05, 0.1) is 0 Å². The molecule has 0 spiro atoms. The molecule has 0 saturated carbocycles. The minimum absolute atomic E-state index is 0.121. The Hall–Kier alpha value is -1.92. The van der Waals surface area contributed by atoms with E-state index in [1.54, 1.807) is 12.1 Å². The van der Waals surface area contributed by atoms with E-state index in [1.165, 1.54) is 24.3 Å². The summed E-state index contributed by atoms with van der Waals surface area (Å²) in [4.78, 5) is 0. The Morgan fingerprint density at radius 2 is 1.00 bits per heavy atom. The molecular formula is C18H10Br2F2O2. The summed E-state index contributed by atoms with van der Waals surface area (Å²) in [6.45, 7) is 0. The molecular weight excluding hydrogens is 446 g/mol.